The van der Waals surface area contributed by atoms with Crippen LogP contribution in [0.2, 0.25) is 0 Å². The summed E-state index contributed by atoms with van der Waals surface area (Å²) < 4.78 is 38.7. The molecule has 25 heavy (non-hydrogen) atoms. The summed E-state index contributed by atoms with van der Waals surface area (Å²) in [4.78, 5) is 0. The number of hydrogen-bond acceptors (Lipinski definition) is 2. The van der Waals surface area contributed by atoms with E-state index in [1.165, 1.54) is 24.4 Å². The molecular weight excluding hydrogens is 325 g/mol. The lowest BCUT2D eigenvalue weighted by Gasteiger charge is -2.11. The van der Waals surface area contributed by atoms with Gasteiger partial charge in [-0.2, -0.15) is 18.3 Å². The van der Waals surface area contributed by atoms with Gasteiger partial charge in [-0.3, -0.25) is 5.43 Å². The van der Waals surface area contributed by atoms with Crippen molar-refractivity contribution in [3.05, 3.63) is 90.0 Å². The number of hydrogen-bond donors (Lipinski definition) is 1. The van der Waals surface area contributed by atoms with Gasteiger partial charge in [-0.05, 0) is 28.8 Å². The summed E-state index contributed by atoms with van der Waals surface area (Å²) in [5, 5.41) is 3.91. The van der Waals surface area contributed by atoms with Crippen molar-refractivity contribution >= 4 is 11.9 Å². The molecule has 5 heteroatoms. The van der Waals surface area contributed by atoms with E-state index in [0.29, 0.717) is 0 Å². The van der Waals surface area contributed by atoms with Gasteiger partial charge in [-0.1, -0.05) is 66.7 Å². The molecule has 126 valence electrons. The Morgan fingerprint density at radius 2 is 1.32 bits per heavy atom. The highest BCUT2D eigenvalue weighted by Crippen LogP contribution is 2.34. The lowest BCUT2D eigenvalue weighted by Crippen LogP contribution is -2.08. The lowest BCUT2D eigenvalue weighted by molar-refractivity contribution is -0.136. The maximum atomic E-state index is 12.9. The van der Waals surface area contributed by atoms with Crippen LogP contribution in [0.3, 0.4) is 0 Å². The second-order valence-electron chi connectivity index (χ2n) is 5.40. The van der Waals surface area contributed by atoms with Gasteiger partial charge < -0.3 is 0 Å². The van der Waals surface area contributed by atoms with E-state index < -0.39 is 11.7 Å². The molecule has 0 heterocycles. The summed E-state index contributed by atoms with van der Waals surface area (Å²) in [5.74, 6) is 0. The maximum Gasteiger partial charge on any atom is 0.418 e. The highest BCUT2D eigenvalue weighted by atomic mass is 19.4. The molecule has 0 saturated heterocycles. The molecule has 0 aliphatic rings. The van der Waals surface area contributed by atoms with Crippen molar-refractivity contribution in [2.24, 2.45) is 5.10 Å². The van der Waals surface area contributed by atoms with Crippen molar-refractivity contribution < 1.29 is 13.2 Å². The minimum atomic E-state index is -4.42. The van der Waals surface area contributed by atoms with E-state index in [2.05, 4.69) is 10.5 Å². The van der Waals surface area contributed by atoms with Crippen LogP contribution in [0.5, 0.6) is 0 Å². The van der Waals surface area contributed by atoms with Crippen LogP contribution in [-0.4, -0.2) is 6.21 Å². The van der Waals surface area contributed by atoms with Gasteiger partial charge in [-0.15, -0.1) is 0 Å². The third-order valence-electron chi connectivity index (χ3n) is 3.65. The fourth-order valence-corrected chi connectivity index (χ4v) is 2.40. The summed E-state index contributed by atoms with van der Waals surface area (Å²) in [6.45, 7) is 0. The van der Waals surface area contributed by atoms with E-state index >= 15 is 0 Å². The van der Waals surface area contributed by atoms with Gasteiger partial charge in [-0.25, -0.2) is 0 Å². The smallest absolute Gasteiger partial charge is 0.278 e. The average Bonchev–Trinajstić information content (AvgIpc) is 2.63. The van der Waals surface area contributed by atoms with Crippen LogP contribution in [0, 0.1) is 0 Å². The Bertz CT molecular complexity index is 854. The molecule has 0 aromatic heterocycles. The third kappa shape index (κ3) is 4.26. The summed E-state index contributed by atoms with van der Waals surface area (Å²) >= 11 is 0. The fraction of sp³-hybridized carbons (Fsp3) is 0.0500. The van der Waals surface area contributed by atoms with Crippen LogP contribution in [0.4, 0.5) is 18.9 Å². The van der Waals surface area contributed by atoms with Gasteiger partial charge in [0, 0.05) is 0 Å². The summed E-state index contributed by atoms with van der Waals surface area (Å²) in [6.07, 6.45) is -2.93. The minimum Gasteiger partial charge on any atom is -0.278 e. The topological polar surface area (TPSA) is 24.4 Å². The number of halogens is 3. The standard InChI is InChI=1S/C20H15F3N2/c21-20(22,23)18-8-4-5-9-19(18)25-24-14-15-10-12-17(13-11-15)16-6-2-1-3-7-16/h1-14,25H. The first-order valence-corrected chi connectivity index (χ1v) is 7.65. The largest absolute Gasteiger partial charge is 0.418 e. The van der Waals surface area contributed by atoms with E-state index in [0.717, 1.165) is 22.8 Å². The Hall–Kier alpha value is -3.08. The first-order valence-electron chi connectivity index (χ1n) is 7.65. The summed E-state index contributed by atoms with van der Waals surface area (Å²) in [7, 11) is 0. The zero-order valence-corrected chi connectivity index (χ0v) is 13.2. The number of benzene rings is 3. The molecule has 0 spiro atoms. The molecule has 3 aromatic carbocycles. The van der Waals surface area contributed by atoms with Crippen LogP contribution < -0.4 is 5.43 Å². The second kappa shape index (κ2) is 7.21. The van der Waals surface area contributed by atoms with Gasteiger partial charge in [0.15, 0.2) is 0 Å². The number of nitrogens with one attached hydrogen (secondary N) is 1. The van der Waals surface area contributed by atoms with Gasteiger partial charge in [0.05, 0.1) is 17.5 Å². The zero-order valence-electron chi connectivity index (χ0n) is 13.2. The number of hydrazone groups is 1. The minimum absolute atomic E-state index is 0.0767. The maximum absolute atomic E-state index is 12.9. The Labute approximate surface area is 143 Å². The van der Waals surface area contributed by atoms with E-state index in [4.69, 9.17) is 0 Å². The number of anilines is 1. The van der Waals surface area contributed by atoms with Crippen LogP contribution in [0.15, 0.2) is 84.0 Å². The van der Waals surface area contributed by atoms with E-state index in [1.54, 1.807) is 0 Å². The van der Waals surface area contributed by atoms with E-state index in [9.17, 15) is 13.2 Å². The Morgan fingerprint density at radius 3 is 2.00 bits per heavy atom. The molecule has 1 N–H and O–H groups in total. The molecule has 0 aliphatic heterocycles. The lowest BCUT2D eigenvalue weighted by atomic mass is 10.0. The van der Waals surface area contributed by atoms with Crippen LogP contribution in [-0.2, 0) is 6.18 Å². The SMILES string of the molecule is FC(F)(F)c1ccccc1NN=Cc1ccc(-c2ccccc2)cc1. The van der Waals surface area contributed by atoms with Crippen molar-refractivity contribution in [1.29, 1.82) is 0 Å². The van der Waals surface area contributed by atoms with Crippen molar-refractivity contribution in [2.75, 3.05) is 5.43 Å². The molecule has 0 unspecified atom stereocenters. The van der Waals surface area contributed by atoms with Crippen molar-refractivity contribution in [3.8, 4) is 11.1 Å². The number of rotatable bonds is 4. The average molecular weight is 340 g/mol. The molecule has 3 aromatic rings. The monoisotopic (exact) mass is 340 g/mol. The highest BCUT2D eigenvalue weighted by molar-refractivity contribution is 5.81. The van der Waals surface area contributed by atoms with Crippen molar-refractivity contribution in [2.45, 2.75) is 6.18 Å². The predicted molar refractivity (Wildman–Crippen MR) is 94.5 cm³/mol. The molecule has 3 rings (SSSR count). The summed E-state index contributed by atoms with van der Waals surface area (Å²) in [5.41, 5.74) is 4.60. The second-order valence-corrected chi connectivity index (χ2v) is 5.40. The van der Waals surface area contributed by atoms with Gasteiger partial charge >= 0.3 is 6.18 Å². The first-order chi connectivity index (χ1) is 12.0. The molecule has 0 fully saturated rings. The predicted octanol–water partition coefficient (Wildman–Crippen LogP) is 5.82. The van der Waals surface area contributed by atoms with Gasteiger partial charge in [0.1, 0.15) is 0 Å². The molecule has 2 nitrogen and oxygen atoms in total. The van der Waals surface area contributed by atoms with Crippen molar-refractivity contribution in [3.63, 3.8) is 0 Å². The Morgan fingerprint density at radius 1 is 0.720 bits per heavy atom. The molecule has 0 radical (unpaired) electrons. The molecule has 0 atom stereocenters. The molecule has 0 saturated carbocycles. The zero-order chi connectivity index (χ0) is 17.7. The van der Waals surface area contributed by atoms with Gasteiger partial charge in [0.2, 0.25) is 0 Å². The summed E-state index contributed by atoms with van der Waals surface area (Å²) in [6, 6.07) is 22.8. The quantitative estimate of drug-likeness (QED) is 0.470. The third-order valence-corrected chi connectivity index (χ3v) is 3.65. The molecule has 0 aliphatic carbocycles. The van der Waals surface area contributed by atoms with Crippen LogP contribution in [0.25, 0.3) is 11.1 Å². The van der Waals surface area contributed by atoms with E-state index in [-0.39, 0.29) is 5.69 Å². The molecule has 0 bridgehead atoms. The van der Waals surface area contributed by atoms with E-state index in [1.807, 2.05) is 54.6 Å². The number of para-hydroxylation sites is 1. The Kier molecular flexibility index (Phi) is 4.84. The van der Waals surface area contributed by atoms with Crippen LogP contribution in [0.1, 0.15) is 11.1 Å². The van der Waals surface area contributed by atoms with Gasteiger partial charge in [0.25, 0.3) is 0 Å². The highest BCUT2D eigenvalue weighted by Gasteiger charge is 2.33. The number of nitrogens with zero attached hydrogens (tertiary/aromatic N) is 1. The normalized spacial score (nSPS) is 11.6. The fourth-order valence-electron chi connectivity index (χ4n) is 2.40. The first kappa shape index (κ1) is 16.8. The molecule has 0 amide bonds. The molecular formula is C20H15F3N2. The number of alkyl halides is 3. The Balaban J connectivity index is 1.72. The van der Waals surface area contributed by atoms with Crippen molar-refractivity contribution in [1.82, 2.24) is 0 Å². The van der Waals surface area contributed by atoms with Crippen LogP contribution >= 0.6 is 0 Å².